The summed E-state index contributed by atoms with van der Waals surface area (Å²) >= 11 is 0. The summed E-state index contributed by atoms with van der Waals surface area (Å²) in [5.41, 5.74) is 0.580. The third-order valence-corrected chi connectivity index (χ3v) is 4.48. The summed E-state index contributed by atoms with van der Waals surface area (Å²) in [5, 5.41) is 4.66. The van der Waals surface area contributed by atoms with Gasteiger partial charge in [0.1, 0.15) is 5.82 Å². The van der Waals surface area contributed by atoms with E-state index in [2.05, 4.69) is 20.1 Å². The van der Waals surface area contributed by atoms with E-state index in [1.165, 1.54) is 0 Å². The van der Waals surface area contributed by atoms with Crippen LogP contribution in [-0.4, -0.2) is 32.1 Å². The summed E-state index contributed by atoms with van der Waals surface area (Å²) < 4.78 is 5.39. The van der Waals surface area contributed by atoms with Crippen molar-refractivity contribution in [1.29, 1.82) is 0 Å². The molecular formula is C17H19N5O2. The number of benzene rings is 1. The number of nitrogens with zero attached hydrogens (tertiary/aromatic N) is 4. The lowest BCUT2D eigenvalue weighted by Gasteiger charge is -2.20. The summed E-state index contributed by atoms with van der Waals surface area (Å²) in [5.74, 6) is 2.50. The molecule has 3 aromatic rings. The van der Waals surface area contributed by atoms with Gasteiger partial charge in [-0.15, -0.1) is 0 Å². The third-order valence-electron chi connectivity index (χ3n) is 4.48. The molecular weight excluding hydrogens is 306 g/mol. The first-order valence-electron chi connectivity index (χ1n) is 8.13. The van der Waals surface area contributed by atoms with E-state index in [4.69, 9.17) is 4.52 Å². The molecule has 0 unspecified atom stereocenters. The molecule has 1 N–H and O–H groups in total. The number of aromatic amines is 1. The molecule has 0 spiro atoms. The molecule has 124 valence electrons. The van der Waals surface area contributed by atoms with E-state index in [1.807, 2.05) is 37.1 Å². The molecule has 7 heteroatoms. The van der Waals surface area contributed by atoms with Crippen LogP contribution in [0.15, 0.2) is 33.6 Å². The largest absolute Gasteiger partial charge is 0.338 e. The highest BCUT2D eigenvalue weighted by Gasteiger charge is 2.30. The number of fused-ring (bicyclic) bond motifs is 1. The lowest BCUT2D eigenvalue weighted by molar-refractivity contribution is 0.198. The summed E-state index contributed by atoms with van der Waals surface area (Å²) in [4.78, 5) is 26.0. The Morgan fingerprint density at radius 2 is 2.12 bits per heavy atom. The monoisotopic (exact) mass is 325 g/mol. The van der Waals surface area contributed by atoms with E-state index < -0.39 is 0 Å². The van der Waals surface area contributed by atoms with Crippen molar-refractivity contribution < 1.29 is 4.52 Å². The van der Waals surface area contributed by atoms with Crippen molar-refractivity contribution in [3.8, 4) is 0 Å². The van der Waals surface area contributed by atoms with Crippen molar-refractivity contribution in [2.45, 2.75) is 38.3 Å². The van der Waals surface area contributed by atoms with Gasteiger partial charge in [-0.2, -0.15) is 4.98 Å². The lowest BCUT2D eigenvalue weighted by Crippen LogP contribution is -2.25. The number of H-pyrrole nitrogens is 1. The highest BCUT2D eigenvalue weighted by Crippen LogP contribution is 2.38. The maximum atomic E-state index is 12.2. The Bertz CT molecular complexity index is 928. The van der Waals surface area contributed by atoms with Crippen LogP contribution in [0.5, 0.6) is 0 Å². The van der Waals surface area contributed by atoms with E-state index in [-0.39, 0.29) is 11.6 Å². The third kappa shape index (κ3) is 2.82. The second kappa shape index (κ2) is 5.83. The predicted molar refractivity (Wildman–Crippen MR) is 88.5 cm³/mol. The van der Waals surface area contributed by atoms with Crippen molar-refractivity contribution in [2.75, 3.05) is 7.05 Å². The van der Waals surface area contributed by atoms with Crippen LogP contribution in [0.4, 0.5) is 0 Å². The van der Waals surface area contributed by atoms with Gasteiger partial charge in [0, 0.05) is 5.92 Å². The van der Waals surface area contributed by atoms with E-state index in [0.29, 0.717) is 35.1 Å². The first kappa shape index (κ1) is 15.0. The fourth-order valence-corrected chi connectivity index (χ4v) is 2.70. The van der Waals surface area contributed by atoms with Crippen LogP contribution >= 0.6 is 0 Å². The molecule has 1 aliphatic rings. The van der Waals surface area contributed by atoms with Gasteiger partial charge in [0.05, 0.1) is 23.5 Å². The van der Waals surface area contributed by atoms with Crippen LogP contribution in [0.2, 0.25) is 0 Å². The molecule has 0 saturated heterocycles. The predicted octanol–water partition coefficient (Wildman–Crippen LogP) is 2.38. The van der Waals surface area contributed by atoms with Gasteiger partial charge >= 0.3 is 0 Å². The van der Waals surface area contributed by atoms with Crippen LogP contribution in [0, 0.1) is 0 Å². The number of para-hydroxylation sites is 1. The summed E-state index contributed by atoms with van der Waals surface area (Å²) in [6, 6.07) is 7.27. The molecule has 1 aromatic carbocycles. The number of hydrogen-bond acceptors (Lipinski definition) is 6. The Hall–Kier alpha value is -2.54. The maximum Gasteiger partial charge on any atom is 0.258 e. The zero-order valence-electron chi connectivity index (χ0n) is 13.7. The van der Waals surface area contributed by atoms with Crippen LogP contribution in [0.1, 0.15) is 49.3 Å². The second-order valence-corrected chi connectivity index (χ2v) is 6.39. The van der Waals surface area contributed by atoms with Gasteiger partial charge in [0.25, 0.3) is 5.56 Å². The number of nitrogens with one attached hydrogen (secondary N) is 1. The van der Waals surface area contributed by atoms with Crippen LogP contribution < -0.4 is 5.56 Å². The van der Waals surface area contributed by atoms with E-state index in [9.17, 15) is 4.79 Å². The van der Waals surface area contributed by atoms with Gasteiger partial charge in [-0.05, 0) is 38.9 Å². The number of hydrogen-bond donors (Lipinski definition) is 1. The molecule has 0 bridgehead atoms. The minimum absolute atomic E-state index is 0.0539. The summed E-state index contributed by atoms with van der Waals surface area (Å²) in [6.45, 7) is 2.49. The Kier molecular flexibility index (Phi) is 3.65. The molecule has 0 aliphatic heterocycles. The van der Waals surface area contributed by atoms with E-state index >= 15 is 0 Å². The van der Waals surface area contributed by atoms with Crippen molar-refractivity contribution in [1.82, 2.24) is 25.0 Å². The fourth-order valence-electron chi connectivity index (χ4n) is 2.70. The van der Waals surface area contributed by atoms with Gasteiger partial charge in [-0.25, -0.2) is 4.98 Å². The lowest BCUT2D eigenvalue weighted by atomic mass is 10.2. The van der Waals surface area contributed by atoms with Gasteiger partial charge in [-0.3, -0.25) is 9.69 Å². The Balaban J connectivity index is 1.54. The normalized spacial score (nSPS) is 16.0. The van der Waals surface area contributed by atoms with Crippen LogP contribution in [0.3, 0.4) is 0 Å². The Morgan fingerprint density at radius 3 is 2.92 bits per heavy atom. The maximum absolute atomic E-state index is 12.2. The summed E-state index contributed by atoms with van der Waals surface area (Å²) in [6.07, 6.45) is 2.29. The molecule has 2 aromatic heterocycles. The van der Waals surface area contributed by atoms with Gasteiger partial charge in [0.15, 0.2) is 5.82 Å². The first-order chi connectivity index (χ1) is 11.6. The standard InChI is InChI=1S/C17H19N5O2/c1-10(17-20-15(21-24-17)11-7-8-11)22(2)9-14-18-13-6-4-3-5-12(13)16(23)19-14/h3-6,10-11H,7-9H2,1-2H3,(H,18,19,23)/t10-/m0/s1. The summed E-state index contributed by atoms with van der Waals surface area (Å²) in [7, 11) is 1.95. The molecule has 1 saturated carbocycles. The molecule has 24 heavy (non-hydrogen) atoms. The van der Waals surface area contributed by atoms with Gasteiger partial charge < -0.3 is 9.51 Å². The SMILES string of the molecule is C[C@@H](c1nc(C2CC2)no1)N(C)Cc1nc2ccccc2c(=O)[nH]1. The van der Waals surface area contributed by atoms with E-state index in [1.54, 1.807) is 6.07 Å². The molecule has 1 atom stereocenters. The van der Waals surface area contributed by atoms with Crippen molar-refractivity contribution in [3.63, 3.8) is 0 Å². The Morgan fingerprint density at radius 1 is 1.33 bits per heavy atom. The number of rotatable bonds is 5. The van der Waals surface area contributed by atoms with Crippen LogP contribution in [-0.2, 0) is 6.54 Å². The topological polar surface area (TPSA) is 87.9 Å². The quantitative estimate of drug-likeness (QED) is 0.775. The molecule has 2 heterocycles. The second-order valence-electron chi connectivity index (χ2n) is 6.39. The average Bonchev–Trinajstić information content (AvgIpc) is 3.31. The molecule has 1 aliphatic carbocycles. The van der Waals surface area contributed by atoms with Crippen LogP contribution in [0.25, 0.3) is 10.9 Å². The van der Waals surface area contributed by atoms with Crippen molar-refractivity contribution in [2.24, 2.45) is 0 Å². The Labute approximate surface area is 138 Å². The zero-order chi connectivity index (χ0) is 16.7. The fraction of sp³-hybridized carbons (Fsp3) is 0.412. The molecule has 0 amide bonds. The molecule has 1 fully saturated rings. The number of aromatic nitrogens is 4. The van der Waals surface area contributed by atoms with E-state index in [0.717, 1.165) is 18.7 Å². The average molecular weight is 325 g/mol. The zero-order valence-corrected chi connectivity index (χ0v) is 13.7. The highest BCUT2D eigenvalue weighted by molar-refractivity contribution is 5.77. The minimum atomic E-state index is -0.120. The smallest absolute Gasteiger partial charge is 0.258 e. The van der Waals surface area contributed by atoms with Crippen molar-refractivity contribution >= 4 is 10.9 Å². The molecule has 0 radical (unpaired) electrons. The molecule has 7 nitrogen and oxygen atoms in total. The van der Waals surface area contributed by atoms with Crippen molar-refractivity contribution in [3.05, 3.63) is 52.2 Å². The van der Waals surface area contributed by atoms with Gasteiger partial charge in [-0.1, -0.05) is 17.3 Å². The minimum Gasteiger partial charge on any atom is -0.338 e. The highest BCUT2D eigenvalue weighted by atomic mass is 16.5. The molecule has 4 rings (SSSR count). The van der Waals surface area contributed by atoms with Gasteiger partial charge in [0.2, 0.25) is 5.89 Å². The first-order valence-corrected chi connectivity index (χ1v) is 8.13.